The maximum Gasteiger partial charge on any atom is 0.330 e. The van der Waals surface area contributed by atoms with Crippen molar-refractivity contribution in [2.75, 3.05) is 13.2 Å². The predicted octanol–water partition coefficient (Wildman–Crippen LogP) is 2.60. The Morgan fingerprint density at radius 3 is 2.61 bits per heavy atom. The van der Waals surface area contributed by atoms with E-state index in [4.69, 9.17) is 4.74 Å². The van der Waals surface area contributed by atoms with E-state index in [1.165, 1.54) is 6.07 Å². The van der Waals surface area contributed by atoms with Gasteiger partial charge in [0, 0.05) is 5.56 Å². The topological polar surface area (TPSA) is 38.3 Å². The zero-order chi connectivity index (χ0) is 13.6. The van der Waals surface area contributed by atoms with Crippen molar-refractivity contribution in [1.29, 1.82) is 0 Å². The third-order valence-corrected chi connectivity index (χ3v) is 2.82. The van der Waals surface area contributed by atoms with E-state index in [9.17, 15) is 9.18 Å². The lowest BCUT2D eigenvalue weighted by molar-refractivity contribution is -0.151. The zero-order valence-corrected chi connectivity index (χ0v) is 11.1. The molecule has 0 amide bonds. The summed E-state index contributed by atoms with van der Waals surface area (Å²) >= 11 is 0. The van der Waals surface area contributed by atoms with Crippen molar-refractivity contribution in [2.45, 2.75) is 32.7 Å². The highest BCUT2D eigenvalue weighted by atomic mass is 19.1. The number of hydrogen-bond acceptors (Lipinski definition) is 3. The maximum atomic E-state index is 13.9. The van der Waals surface area contributed by atoms with E-state index in [0.717, 1.165) is 6.42 Å². The normalized spacial score (nSPS) is 14.0. The summed E-state index contributed by atoms with van der Waals surface area (Å²) < 4.78 is 18.9. The van der Waals surface area contributed by atoms with E-state index in [2.05, 4.69) is 5.32 Å². The van der Waals surface area contributed by atoms with Crippen molar-refractivity contribution in [3.8, 4) is 0 Å². The first-order valence-electron chi connectivity index (χ1n) is 6.23. The highest BCUT2D eigenvalue weighted by Gasteiger charge is 2.38. The zero-order valence-electron chi connectivity index (χ0n) is 11.1. The van der Waals surface area contributed by atoms with Crippen molar-refractivity contribution >= 4 is 5.97 Å². The van der Waals surface area contributed by atoms with E-state index in [1.54, 1.807) is 32.0 Å². The van der Waals surface area contributed by atoms with Crippen LogP contribution in [0.4, 0.5) is 4.39 Å². The Kier molecular flexibility index (Phi) is 5.28. The summed E-state index contributed by atoms with van der Waals surface area (Å²) in [5.74, 6) is -0.861. The standard InChI is InChI=1S/C14H20FNO2/c1-4-10-16-14(3,13(17)18-5-2)11-8-6-7-9-12(11)15/h6-9,16H,4-5,10H2,1-3H3. The molecule has 0 radical (unpaired) electrons. The van der Waals surface area contributed by atoms with Gasteiger partial charge >= 0.3 is 5.97 Å². The SMILES string of the molecule is CCCNC(C)(C(=O)OCC)c1ccccc1F. The van der Waals surface area contributed by atoms with E-state index in [0.29, 0.717) is 12.1 Å². The Hall–Kier alpha value is -1.42. The molecule has 0 spiro atoms. The van der Waals surface area contributed by atoms with Crippen LogP contribution in [0, 0.1) is 5.82 Å². The third-order valence-electron chi connectivity index (χ3n) is 2.82. The molecule has 1 aromatic carbocycles. The molecule has 0 aliphatic rings. The van der Waals surface area contributed by atoms with Gasteiger partial charge in [0.05, 0.1) is 6.61 Å². The minimum absolute atomic E-state index is 0.274. The van der Waals surface area contributed by atoms with Gasteiger partial charge in [0.1, 0.15) is 11.4 Å². The number of hydrogen-bond donors (Lipinski definition) is 1. The van der Waals surface area contributed by atoms with Crippen LogP contribution in [0.15, 0.2) is 24.3 Å². The molecule has 1 aromatic rings. The van der Waals surface area contributed by atoms with Crippen molar-refractivity contribution in [3.05, 3.63) is 35.6 Å². The van der Waals surface area contributed by atoms with E-state index >= 15 is 0 Å². The highest BCUT2D eigenvalue weighted by molar-refractivity contribution is 5.82. The second kappa shape index (κ2) is 6.50. The first-order chi connectivity index (χ1) is 8.56. The molecule has 1 rings (SSSR count). The van der Waals surface area contributed by atoms with Crippen molar-refractivity contribution < 1.29 is 13.9 Å². The number of carbonyl (C=O) groups excluding carboxylic acids is 1. The lowest BCUT2D eigenvalue weighted by Gasteiger charge is -2.29. The first kappa shape index (κ1) is 14.6. The molecule has 100 valence electrons. The van der Waals surface area contributed by atoms with Crippen molar-refractivity contribution in [2.24, 2.45) is 0 Å². The summed E-state index contributed by atoms with van der Waals surface area (Å²) in [6, 6.07) is 6.27. The van der Waals surface area contributed by atoms with Crippen LogP contribution in [0.5, 0.6) is 0 Å². The third kappa shape index (κ3) is 3.07. The number of benzene rings is 1. The van der Waals surface area contributed by atoms with Gasteiger partial charge in [-0.15, -0.1) is 0 Å². The van der Waals surface area contributed by atoms with Crippen LogP contribution in [0.3, 0.4) is 0 Å². The fourth-order valence-electron chi connectivity index (χ4n) is 1.79. The average Bonchev–Trinajstić information content (AvgIpc) is 2.36. The molecule has 0 heterocycles. The molecule has 4 heteroatoms. The molecule has 3 nitrogen and oxygen atoms in total. The smallest absolute Gasteiger partial charge is 0.330 e. The Balaban J connectivity index is 3.11. The lowest BCUT2D eigenvalue weighted by atomic mass is 9.91. The summed E-state index contributed by atoms with van der Waals surface area (Å²) in [5, 5.41) is 3.07. The number of carbonyl (C=O) groups is 1. The van der Waals surface area contributed by atoms with Gasteiger partial charge in [-0.25, -0.2) is 9.18 Å². The fourth-order valence-corrected chi connectivity index (χ4v) is 1.79. The second-order valence-corrected chi connectivity index (χ2v) is 4.25. The number of nitrogens with one attached hydrogen (secondary N) is 1. The fraction of sp³-hybridized carbons (Fsp3) is 0.500. The maximum absolute atomic E-state index is 13.9. The van der Waals surface area contributed by atoms with Gasteiger partial charge in [-0.3, -0.25) is 5.32 Å². The lowest BCUT2D eigenvalue weighted by Crippen LogP contribution is -2.48. The van der Waals surface area contributed by atoms with Gasteiger partial charge in [0.2, 0.25) is 0 Å². The van der Waals surface area contributed by atoms with Crippen LogP contribution < -0.4 is 5.32 Å². The first-order valence-corrected chi connectivity index (χ1v) is 6.23. The van der Waals surface area contributed by atoms with Crippen LogP contribution in [0.2, 0.25) is 0 Å². The van der Waals surface area contributed by atoms with Gasteiger partial charge in [-0.05, 0) is 32.9 Å². The molecular formula is C14H20FNO2. The van der Waals surface area contributed by atoms with Gasteiger partial charge in [-0.1, -0.05) is 25.1 Å². The summed E-state index contributed by atoms with van der Waals surface area (Å²) in [6.07, 6.45) is 0.851. The molecular weight excluding hydrogens is 233 g/mol. The van der Waals surface area contributed by atoms with Crippen molar-refractivity contribution in [3.63, 3.8) is 0 Å². The number of halogens is 1. The summed E-state index contributed by atoms with van der Waals surface area (Å²) in [7, 11) is 0. The van der Waals surface area contributed by atoms with Gasteiger partial charge in [0.25, 0.3) is 0 Å². The molecule has 1 unspecified atom stereocenters. The Morgan fingerprint density at radius 2 is 2.06 bits per heavy atom. The minimum atomic E-state index is -1.14. The molecule has 0 aliphatic carbocycles. The molecule has 0 saturated carbocycles. The van der Waals surface area contributed by atoms with E-state index < -0.39 is 17.3 Å². The van der Waals surface area contributed by atoms with Crippen LogP contribution in [0.25, 0.3) is 0 Å². The van der Waals surface area contributed by atoms with Crippen LogP contribution in [-0.4, -0.2) is 19.1 Å². The molecule has 0 saturated heterocycles. The predicted molar refractivity (Wildman–Crippen MR) is 68.7 cm³/mol. The minimum Gasteiger partial charge on any atom is -0.464 e. The number of ether oxygens (including phenoxy) is 1. The van der Waals surface area contributed by atoms with Crippen LogP contribution in [0.1, 0.15) is 32.8 Å². The molecule has 0 bridgehead atoms. The summed E-state index contributed by atoms with van der Waals surface area (Å²) in [4.78, 5) is 12.1. The van der Waals surface area contributed by atoms with E-state index in [-0.39, 0.29) is 6.61 Å². The number of esters is 1. The molecule has 0 aromatic heterocycles. The average molecular weight is 253 g/mol. The molecule has 0 aliphatic heterocycles. The molecule has 18 heavy (non-hydrogen) atoms. The van der Waals surface area contributed by atoms with Gasteiger partial charge in [-0.2, -0.15) is 0 Å². The number of rotatable bonds is 6. The highest BCUT2D eigenvalue weighted by Crippen LogP contribution is 2.25. The Bertz CT molecular complexity index is 409. The summed E-state index contributed by atoms with van der Waals surface area (Å²) in [6.45, 7) is 6.26. The second-order valence-electron chi connectivity index (χ2n) is 4.25. The van der Waals surface area contributed by atoms with Crippen LogP contribution in [-0.2, 0) is 15.1 Å². The van der Waals surface area contributed by atoms with Gasteiger partial charge < -0.3 is 4.74 Å². The van der Waals surface area contributed by atoms with Crippen molar-refractivity contribution in [1.82, 2.24) is 5.32 Å². The molecule has 1 N–H and O–H groups in total. The van der Waals surface area contributed by atoms with Gasteiger partial charge in [0.15, 0.2) is 0 Å². The molecule has 1 atom stereocenters. The monoisotopic (exact) mass is 253 g/mol. The van der Waals surface area contributed by atoms with E-state index in [1.807, 2.05) is 6.92 Å². The van der Waals surface area contributed by atoms with Crippen LogP contribution >= 0.6 is 0 Å². The summed E-state index contributed by atoms with van der Waals surface area (Å²) in [5.41, 5.74) is -0.825. The largest absolute Gasteiger partial charge is 0.464 e. The Morgan fingerprint density at radius 1 is 1.39 bits per heavy atom. The Labute approximate surface area is 107 Å². The molecule has 0 fully saturated rings. The quantitative estimate of drug-likeness (QED) is 0.792.